The Morgan fingerprint density at radius 1 is 1.00 bits per heavy atom. The average Bonchev–Trinajstić information content (AvgIpc) is 2.07. The molecule has 0 heterocycles. The van der Waals surface area contributed by atoms with Crippen molar-refractivity contribution < 1.29 is 19.1 Å². The molecule has 0 aromatic carbocycles. The van der Waals surface area contributed by atoms with Gasteiger partial charge in [0, 0.05) is 18.6 Å². The predicted molar refractivity (Wildman–Crippen MR) is 84.5 cm³/mol. The van der Waals surface area contributed by atoms with Crippen molar-refractivity contribution in [3.63, 3.8) is 0 Å². The van der Waals surface area contributed by atoms with Gasteiger partial charge in [-0.3, -0.25) is 0 Å². The van der Waals surface area contributed by atoms with Crippen molar-refractivity contribution in [1.29, 1.82) is 0 Å². The monoisotopic (exact) mass is 319 g/mol. The molecule has 1 N–H and O–H groups in total. The molecule has 0 rings (SSSR count). The Kier molecular flexibility index (Phi) is 6.29. The first kappa shape index (κ1) is 19.8. The van der Waals surface area contributed by atoms with Crippen LogP contribution >= 0.6 is 11.9 Å². The number of carbonyl (C=O) groups is 2. The van der Waals surface area contributed by atoms with Gasteiger partial charge < -0.3 is 9.47 Å². The minimum absolute atomic E-state index is 0.306. The molecular weight excluding hydrogens is 292 g/mol. The minimum Gasteiger partial charge on any atom is -0.443 e. The van der Waals surface area contributed by atoms with Gasteiger partial charge in [0.15, 0.2) is 0 Å². The molecule has 2 amide bonds. The van der Waals surface area contributed by atoms with E-state index in [4.69, 9.17) is 9.47 Å². The molecule has 0 saturated heterocycles. The fraction of sp³-hybridized carbons (Fsp3) is 0.786. The van der Waals surface area contributed by atoms with Crippen LogP contribution in [0.5, 0.6) is 0 Å². The maximum atomic E-state index is 12.1. The number of rotatable bonds is 2. The molecule has 0 atom stereocenters. The van der Waals surface area contributed by atoms with Gasteiger partial charge in [-0.1, -0.05) is 0 Å². The highest BCUT2D eigenvalue weighted by atomic mass is 32.2. The minimum atomic E-state index is -0.899. The van der Waals surface area contributed by atoms with Crippen molar-refractivity contribution in [2.45, 2.75) is 71.3 Å². The molecule has 21 heavy (non-hydrogen) atoms. The van der Waals surface area contributed by atoms with E-state index in [0.29, 0.717) is 0 Å². The van der Waals surface area contributed by atoms with Crippen LogP contribution in [0, 0.1) is 6.92 Å². The summed E-state index contributed by atoms with van der Waals surface area (Å²) >= 11 is 1.12. The first-order chi connectivity index (χ1) is 9.09. The summed E-state index contributed by atoms with van der Waals surface area (Å²) in [6, 6.07) is 0. The highest BCUT2D eigenvalue weighted by molar-refractivity contribution is 7.98. The molecular formula is C14H27N2O4S+. The lowest BCUT2D eigenvalue weighted by molar-refractivity contribution is 0.0284. The molecule has 6 nitrogen and oxygen atoms in total. The first-order valence-corrected chi connectivity index (χ1v) is 7.44. The zero-order valence-electron chi connectivity index (χ0n) is 14.2. The summed E-state index contributed by atoms with van der Waals surface area (Å²) in [5.41, 5.74) is 0.831. The van der Waals surface area contributed by atoms with Gasteiger partial charge in [-0.05, 0) is 53.5 Å². The topological polar surface area (TPSA) is 67.9 Å². The second-order valence-electron chi connectivity index (χ2n) is 7.24. The zero-order valence-corrected chi connectivity index (χ0v) is 15.0. The summed E-state index contributed by atoms with van der Waals surface area (Å²) in [5, 5.41) is 0. The number of hydrogen-bond donors (Lipinski definition) is 1. The maximum Gasteiger partial charge on any atom is 0.443 e. The third-order valence-corrected chi connectivity index (χ3v) is 2.46. The van der Waals surface area contributed by atoms with E-state index >= 15 is 0 Å². The molecule has 0 spiro atoms. The van der Waals surface area contributed by atoms with Crippen molar-refractivity contribution in [2.24, 2.45) is 0 Å². The third kappa shape index (κ3) is 11.1. The highest BCUT2D eigenvalue weighted by Gasteiger charge is 2.32. The normalized spacial score (nSPS) is 12.6. The average molecular weight is 319 g/mol. The molecule has 0 bridgehead atoms. The van der Waals surface area contributed by atoms with Crippen molar-refractivity contribution in [1.82, 2.24) is 9.84 Å². The predicted octanol–water partition coefficient (Wildman–Crippen LogP) is 3.92. The first-order valence-electron chi connectivity index (χ1n) is 6.66. The van der Waals surface area contributed by atoms with Gasteiger partial charge in [0.2, 0.25) is 5.60 Å². The Bertz CT molecular complexity index is 378. The van der Waals surface area contributed by atoms with E-state index in [2.05, 4.69) is 12.3 Å². The van der Waals surface area contributed by atoms with Gasteiger partial charge in [0.1, 0.15) is 12.5 Å². The molecule has 7 heteroatoms. The van der Waals surface area contributed by atoms with Crippen LogP contribution in [0.15, 0.2) is 0 Å². The van der Waals surface area contributed by atoms with E-state index in [9.17, 15) is 9.59 Å². The van der Waals surface area contributed by atoms with Gasteiger partial charge in [-0.2, -0.15) is 4.41 Å². The second kappa shape index (κ2) is 6.68. The van der Waals surface area contributed by atoms with Crippen LogP contribution in [0.4, 0.5) is 9.59 Å². The number of carbonyl (C=O) groups excluding carboxylic acids is 2. The van der Waals surface area contributed by atoms with Crippen molar-refractivity contribution in [2.75, 3.05) is 0 Å². The summed E-state index contributed by atoms with van der Waals surface area (Å²) in [4.78, 5) is 23.9. The van der Waals surface area contributed by atoms with Crippen LogP contribution in [0.2, 0.25) is 0 Å². The SMILES string of the molecule is [CH2+]C(C)(C)OC(=O)N(NC(=O)OC(C)(C)C)SC(C)(C)C. The van der Waals surface area contributed by atoms with Crippen LogP contribution in [0.1, 0.15) is 55.4 Å². The number of ether oxygens (including phenoxy) is 2. The Balaban J connectivity index is 4.91. The molecule has 0 fully saturated rings. The van der Waals surface area contributed by atoms with Gasteiger partial charge in [0.25, 0.3) is 0 Å². The summed E-state index contributed by atoms with van der Waals surface area (Å²) in [7, 11) is 0. The highest BCUT2D eigenvalue weighted by Crippen LogP contribution is 2.27. The summed E-state index contributed by atoms with van der Waals surface area (Å²) in [6.07, 6.45) is -1.43. The Morgan fingerprint density at radius 2 is 1.48 bits per heavy atom. The fourth-order valence-corrected chi connectivity index (χ4v) is 1.82. The maximum absolute atomic E-state index is 12.1. The molecule has 0 aromatic heterocycles. The lowest BCUT2D eigenvalue weighted by Crippen LogP contribution is -2.47. The van der Waals surface area contributed by atoms with Crippen molar-refractivity contribution >= 4 is 24.1 Å². The summed E-state index contributed by atoms with van der Waals surface area (Å²) in [5.74, 6) is 0. The van der Waals surface area contributed by atoms with Gasteiger partial charge in [-0.25, -0.2) is 15.0 Å². The second-order valence-corrected chi connectivity index (χ2v) is 9.01. The third-order valence-electron chi connectivity index (χ3n) is 1.49. The van der Waals surface area contributed by atoms with E-state index in [0.717, 1.165) is 16.4 Å². The van der Waals surface area contributed by atoms with Crippen LogP contribution in [0.25, 0.3) is 0 Å². The van der Waals surface area contributed by atoms with E-state index in [1.807, 2.05) is 20.8 Å². The van der Waals surface area contributed by atoms with Crippen LogP contribution in [0.3, 0.4) is 0 Å². The van der Waals surface area contributed by atoms with Gasteiger partial charge in [-0.15, -0.1) is 0 Å². The fourth-order valence-electron chi connectivity index (χ4n) is 1.04. The number of nitrogens with zero attached hydrogens (tertiary/aromatic N) is 1. The van der Waals surface area contributed by atoms with E-state index < -0.39 is 23.4 Å². The molecule has 0 unspecified atom stereocenters. The molecule has 0 aliphatic heterocycles. The molecule has 0 aliphatic rings. The standard InChI is InChI=1S/C14H26N2O4S/c1-12(2,3)19-10(17)15-16(21-14(7,8)9)11(18)20-13(4,5)6/h4H2,1-3,5-9H3/p+1. The Morgan fingerprint density at radius 3 is 1.81 bits per heavy atom. The molecule has 0 aliphatic carbocycles. The van der Waals surface area contributed by atoms with Gasteiger partial charge >= 0.3 is 12.2 Å². The largest absolute Gasteiger partial charge is 0.443 e. The van der Waals surface area contributed by atoms with E-state index in [-0.39, 0.29) is 4.75 Å². The lowest BCUT2D eigenvalue weighted by Gasteiger charge is -2.30. The zero-order chi connectivity index (χ0) is 17.1. The van der Waals surface area contributed by atoms with Gasteiger partial charge in [0.05, 0.1) is 0 Å². The number of amides is 2. The molecule has 122 valence electrons. The number of nitrogens with one attached hydrogen (secondary N) is 1. The molecule has 0 aromatic rings. The molecule has 0 radical (unpaired) electrons. The smallest absolute Gasteiger partial charge is 0.443 e. The quantitative estimate of drug-likeness (QED) is 0.474. The number of hydrazine groups is 1. The lowest BCUT2D eigenvalue weighted by atomic mass is 10.2. The summed E-state index contributed by atoms with van der Waals surface area (Å²) < 4.78 is 11.0. The Hall–Kier alpha value is -1.24. The van der Waals surface area contributed by atoms with E-state index in [1.165, 1.54) is 0 Å². The molecule has 0 saturated carbocycles. The van der Waals surface area contributed by atoms with Crippen LogP contribution in [-0.2, 0) is 9.47 Å². The van der Waals surface area contributed by atoms with Crippen LogP contribution < -0.4 is 5.43 Å². The van der Waals surface area contributed by atoms with Crippen LogP contribution in [-0.4, -0.2) is 32.5 Å². The van der Waals surface area contributed by atoms with E-state index in [1.54, 1.807) is 34.6 Å². The van der Waals surface area contributed by atoms with Crippen molar-refractivity contribution in [3.05, 3.63) is 6.92 Å². The van der Waals surface area contributed by atoms with Crippen molar-refractivity contribution in [3.8, 4) is 0 Å². The Labute approximate surface area is 132 Å². The summed E-state index contributed by atoms with van der Waals surface area (Å²) in [6.45, 7) is 18.0. The number of hydrogen-bond acceptors (Lipinski definition) is 5.